The van der Waals surface area contributed by atoms with Gasteiger partial charge in [-0.15, -0.1) is 0 Å². The highest BCUT2D eigenvalue weighted by Gasteiger charge is 2.18. The van der Waals surface area contributed by atoms with E-state index in [9.17, 15) is 4.79 Å². The Morgan fingerprint density at radius 3 is 2.65 bits per heavy atom. The van der Waals surface area contributed by atoms with E-state index in [2.05, 4.69) is 37.9 Å². The lowest BCUT2D eigenvalue weighted by molar-refractivity contribution is -0.132. The Balaban J connectivity index is 2.75. The second-order valence-electron chi connectivity index (χ2n) is 5.76. The maximum atomic E-state index is 12.4. The minimum absolute atomic E-state index is 0.0769. The lowest BCUT2D eigenvalue weighted by Gasteiger charge is -2.26. The summed E-state index contributed by atoms with van der Waals surface area (Å²) in [6.45, 7) is 8.77. The zero-order valence-corrected chi connectivity index (χ0v) is 14.0. The molecule has 1 rings (SSSR count). The van der Waals surface area contributed by atoms with E-state index in [4.69, 9.17) is 12.2 Å². The van der Waals surface area contributed by atoms with E-state index < -0.39 is 0 Å². The van der Waals surface area contributed by atoms with Crippen molar-refractivity contribution >= 4 is 18.1 Å². The number of carbonyl (C=O) groups is 1. The molecule has 1 amide bonds. The molecule has 0 aliphatic heterocycles. The van der Waals surface area contributed by atoms with E-state index in [1.165, 1.54) is 0 Å². The summed E-state index contributed by atoms with van der Waals surface area (Å²) in [6, 6.07) is 0.234. The van der Waals surface area contributed by atoms with Gasteiger partial charge in [-0.25, -0.2) is 0 Å². The Hall–Kier alpha value is -1.17. The first-order chi connectivity index (χ1) is 9.36. The van der Waals surface area contributed by atoms with Gasteiger partial charge in [0.05, 0.1) is 0 Å². The van der Waals surface area contributed by atoms with Crippen LogP contribution in [0, 0.1) is 10.7 Å². The molecule has 1 aromatic rings. The SMILES string of the molecule is CCCc1n[nH]c(=S)n1CC(=O)N(C)[C@@H](C)CC(C)C. The first-order valence-corrected chi connectivity index (χ1v) is 7.67. The third-order valence-electron chi connectivity index (χ3n) is 3.47. The molecule has 1 heterocycles. The van der Waals surface area contributed by atoms with Crippen molar-refractivity contribution in [3.8, 4) is 0 Å². The summed E-state index contributed by atoms with van der Waals surface area (Å²) in [5.41, 5.74) is 0. The van der Waals surface area contributed by atoms with Crippen molar-refractivity contribution in [3.63, 3.8) is 0 Å². The lowest BCUT2D eigenvalue weighted by atomic mass is 10.0. The molecule has 0 aliphatic carbocycles. The molecule has 0 aliphatic rings. The molecule has 1 N–H and O–H groups in total. The molecule has 0 fully saturated rings. The zero-order chi connectivity index (χ0) is 15.3. The van der Waals surface area contributed by atoms with E-state index in [0.717, 1.165) is 25.1 Å². The van der Waals surface area contributed by atoms with Crippen LogP contribution in [0.5, 0.6) is 0 Å². The van der Waals surface area contributed by atoms with E-state index >= 15 is 0 Å². The van der Waals surface area contributed by atoms with Crippen LogP contribution < -0.4 is 0 Å². The molecule has 0 saturated heterocycles. The summed E-state index contributed by atoms with van der Waals surface area (Å²) in [7, 11) is 1.86. The number of aromatic amines is 1. The molecule has 0 unspecified atom stereocenters. The van der Waals surface area contributed by atoms with Crippen molar-refractivity contribution in [2.75, 3.05) is 7.05 Å². The molecular formula is C14H26N4OS. The van der Waals surface area contributed by atoms with E-state index in [1.807, 2.05) is 11.9 Å². The largest absolute Gasteiger partial charge is 0.341 e. The Kier molecular flexibility index (Phi) is 6.39. The molecule has 0 spiro atoms. The first kappa shape index (κ1) is 16.9. The van der Waals surface area contributed by atoms with Crippen molar-refractivity contribution in [1.82, 2.24) is 19.7 Å². The Labute approximate surface area is 126 Å². The van der Waals surface area contributed by atoms with Crippen LogP contribution in [0.2, 0.25) is 0 Å². The number of likely N-dealkylation sites (N-methyl/N-ethyl adjacent to an activating group) is 1. The van der Waals surface area contributed by atoms with Crippen LogP contribution in [0.25, 0.3) is 0 Å². The number of amides is 1. The van der Waals surface area contributed by atoms with Gasteiger partial charge in [0, 0.05) is 19.5 Å². The number of H-pyrrole nitrogens is 1. The molecule has 1 atom stereocenters. The van der Waals surface area contributed by atoms with Gasteiger partial charge >= 0.3 is 0 Å². The second-order valence-corrected chi connectivity index (χ2v) is 6.15. The van der Waals surface area contributed by atoms with Crippen LogP contribution in [0.1, 0.15) is 46.4 Å². The minimum Gasteiger partial charge on any atom is -0.341 e. The molecule has 0 bridgehead atoms. The third kappa shape index (κ3) is 4.44. The summed E-state index contributed by atoms with van der Waals surface area (Å²) in [5, 5.41) is 6.96. The second kappa shape index (κ2) is 7.57. The number of aryl methyl sites for hydroxylation is 1. The van der Waals surface area contributed by atoms with Crippen LogP contribution in [0.15, 0.2) is 0 Å². The van der Waals surface area contributed by atoms with Gasteiger partial charge in [0.1, 0.15) is 12.4 Å². The summed E-state index contributed by atoms with van der Waals surface area (Å²) < 4.78 is 2.33. The molecule has 114 valence electrons. The maximum absolute atomic E-state index is 12.4. The summed E-state index contributed by atoms with van der Waals surface area (Å²) >= 11 is 5.20. The standard InChI is InChI=1S/C14H26N4OS/c1-6-7-12-15-16-14(20)18(12)9-13(19)17(5)11(4)8-10(2)3/h10-11H,6-9H2,1-5H3,(H,16,20)/t11-/m0/s1. The van der Waals surface area contributed by atoms with Gasteiger partial charge in [0.25, 0.3) is 0 Å². The number of carbonyl (C=O) groups excluding carboxylic acids is 1. The number of hydrogen-bond donors (Lipinski definition) is 1. The topological polar surface area (TPSA) is 53.9 Å². The van der Waals surface area contributed by atoms with Gasteiger partial charge in [0.2, 0.25) is 5.91 Å². The maximum Gasteiger partial charge on any atom is 0.242 e. The fraction of sp³-hybridized carbons (Fsp3) is 0.786. The minimum atomic E-state index is 0.0769. The molecular weight excluding hydrogens is 272 g/mol. The van der Waals surface area contributed by atoms with Gasteiger partial charge in [-0.2, -0.15) is 5.10 Å². The molecule has 20 heavy (non-hydrogen) atoms. The zero-order valence-electron chi connectivity index (χ0n) is 13.1. The van der Waals surface area contributed by atoms with Crippen molar-refractivity contribution in [2.24, 2.45) is 5.92 Å². The van der Waals surface area contributed by atoms with Crippen LogP contribution >= 0.6 is 12.2 Å². The van der Waals surface area contributed by atoms with Gasteiger partial charge < -0.3 is 4.90 Å². The normalized spacial score (nSPS) is 12.7. The molecule has 0 saturated carbocycles. The number of nitrogens with zero attached hydrogens (tertiary/aromatic N) is 3. The van der Waals surface area contributed by atoms with Crippen molar-refractivity contribution in [3.05, 3.63) is 10.6 Å². The van der Waals surface area contributed by atoms with Crippen molar-refractivity contribution < 1.29 is 4.79 Å². The summed E-state index contributed by atoms with van der Waals surface area (Å²) in [5.74, 6) is 1.51. The van der Waals surface area contributed by atoms with Crippen LogP contribution in [0.3, 0.4) is 0 Å². The molecule has 6 heteroatoms. The summed E-state index contributed by atoms with van der Waals surface area (Å²) in [6.07, 6.45) is 2.81. The lowest BCUT2D eigenvalue weighted by Crippen LogP contribution is -2.38. The van der Waals surface area contributed by atoms with Gasteiger partial charge in [-0.3, -0.25) is 14.5 Å². The van der Waals surface area contributed by atoms with Gasteiger partial charge in [-0.1, -0.05) is 20.8 Å². The van der Waals surface area contributed by atoms with Crippen LogP contribution in [0.4, 0.5) is 0 Å². The highest BCUT2D eigenvalue weighted by atomic mass is 32.1. The average Bonchev–Trinajstić information content (AvgIpc) is 2.70. The highest BCUT2D eigenvalue weighted by Crippen LogP contribution is 2.11. The summed E-state index contributed by atoms with van der Waals surface area (Å²) in [4.78, 5) is 14.2. The molecule has 0 radical (unpaired) electrons. The van der Waals surface area contributed by atoms with E-state index in [0.29, 0.717) is 10.7 Å². The van der Waals surface area contributed by atoms with Crippen LogP contribution in [-0.4, -0.2) is 38.7 Å². The molecule has 5 nitrogen and oxygen atoms in total. The fourth-order valence-electron chi connectivity index (χ4n) is 2.26. The fourth-order valence-corrected chi connectivity index (χ4v) is 2.48. The number of nitrogens with one attached hydrogen (secondary N) is 1. The van der Waals surface area contributed by atoms with Crippen molar-refractivity contribution in [1.29, 1.82) is 0 Å². The number of rotatable bonds is 7. The highest BCUT2D eigenvalue weighted by molar-refractivity contribution is 7.71. The van der Waals surface area contributed by atoms with Crippen molar-refractivity contribution in [2.45, 2.75) is 59.5 Å². The van der Waals surface area contributed by atoms with Crippen LogP contribution in [-0.2, 0) is 17.8 Å². The predicted molar refractivity (Wildman–Crippen MR) is 83.1 cm³/mol. The van der Waals surface area contributed by atoms with Gasteiger partial charge in [-0.05, 0) is 37.9 Å². The predicted octanol–water partition coefficient (Wildman–Crippen LogP) is 2.79. The molecule has 1 aromatic heterocycles. The third-order valence-corrected chi connectivity index (χ3v) is 3.78. The Bertz CT molecular complexity index is 492. The Morgan fingerprint density at radius 2 is 2.10 bits per heavy atom. The number of hydrogen-bond acceptors (Lipinski definition) is 3. The average molecular weight is 298 g/mol. The molecule has 0 aromatic carbocycles. The van der Waals surface area contributed by atoms with E-state index in [-0.39, 0.29) is 18.5 Å². The van der Waals surface area contributed by atoms with E-state index in [1.54, 1.807) is 4.57 Å². The van der Waals surface area contributed by atoms with Gasteiger partial charge in [0.15, 0.2) is 4.77 Å². The quantitative estimate of drug-likeness (QED) is 0.788. The monoisotopic (exact) mass is 298 g/mol. The smallest absolute Gasteiger partial charge is 0.242 e. The Morgan fingerprint density at radius 1 is 1.45 bits per heavy atom. The number of aromatic nitrogens is 3. The first-order valence-electron chi connectivity index (χ1n) is 7.26.